The summed E-state index contributed by atoms with van der Waals surface area (Å²) in [6.07, 6.45) is -0.744. The number of ether oxygens (including phenoxy) is 3. The average Bonchev–Trinajstić information content (AvgIpc) is 3.20. The van der Waals surface area contributed by atoms with Crippen LogP contribution in [0.1, 0.15) is 44.0 Å². The van der Waals surface area contributed by atoms with Gasteiger partial charge in [-0.25, -0.2) is 19.0 Å². The van der Waals surface area contributed by atoms with Gasteiger partial charge in [0.2, 0.25) is 0 Å². The summed E-state index contributed by atoms with van der Waals surface area (Å²) < 4.78 is 31.2. The number of Topliss-reactive ketones (excluding diaryl/α,β-unsaturated/α-hetero) is 1. The zero-order valence-corrected chi connectivity index (χ0v) is 21.0. The van der Waals surface area contributed by atoms with Crippen LogP contribution in [0, 0.1) is 5.82 Å². The maximum atomic E-state index is 14.2. The normalized spacial score (nSPS) is 21.1. The van der Waals surface area contributed by atoms with Gasteiger partial charge in [0, 0.05) is 17.4 Å². The van der Waals surface area contributed by atoms with Gasteiger partial charge in [-0.2, -0.15) is 0 Å². The van der Waals surface area contributed by atoms with E-state index in [0.29, 0.717) is 27.7 Å². The van der Waals surface area contributed by atoms with Gasteiger partial charge in [-0.05, 0) is 39.0 Å². The van der Waals surface area contributed by atoms with E-state index in [1.807, 2.05) is 6.07 Å². The molecular formula is C28H27FN2O6. The van der Waals surface area contributed by atoms with E-state index in [1.54, 1.807) is 51.1 Å². The number of rotatable bonds is 2. The molecule has 1 amide bonds. The number of benzene rings is 2. The molecule has 8 nitrogen and oxygen atoms in total. The van der Waals surface area contributed by atoms with Gasteiger partial charge in [0.25, 0.3) is 0 Å². The first-order chi connectivity index (χ1) is 17.5. The maximum Gasteiger partial charge on any atom is 0.411 e. The van der Waals surface area contributed by atoms with Crippen molar-refractivity contribution >= 4 is 28.7 Å². The van der Waals surface area contributed by atoms with E-state index in [0.717, 1.165) is 0 Å². The number of nitrogens with zero attached hydrogens (tertiary/aromatic N) is 2. The fourth-order valence-electron chi connectivity index (χ4n) is 5.04. The van der Waals surface area contributed by atoms with Crippen LogP contribution in [0.3, 0.4) is 0 Å². The minimum atomic E-state index is -1.22. The topological polar surface area (TPSA) is 95.0 Å². The number of pyridine rings is 1. The molecule has 2 aliphatic rings. The summed E-state index contributed by atoms with van der Waals surface area (Å²) in [6.45, 7) is 5.11. The van der Waals surface area contributed by atoms with Crippen molar-refractivity contribution in [3.63, 3.8) is 0 Å². The van der Waals surface area contributed by atoms with Crippen molar-refractivity contribution in [2.45, 2.75) is 50.9 Å². The van der Waals surface area contributed by atoms with Crippen LogP contribution < -0.4 is 4.74 Å². The lowest BCUT2D eigenvalue weighted by atomic mass is 9.85. The maximum absolute atomic E-state index is 14.2. The van der Waals surface area contributed by atoms with Crippen LogP contribution >= 0.6 is 0 Å². The Labute approximate surface area is 213 Å². The van der Waals surface area contributed by atoms with Crippen molar-refractivity contribution in [3.8, 4) is 17.0 Å². The van der Waals surface area contributed by atoms with Gasteiger partial charge >= 0.3 is 12.1 Å². The van der Waals surface area contributed by atoms with Crippen LogP contribution in [0.4, 0.5) is 9.18 Å². The van der Waals surface area contributed by atoms with E-state index in [2.05, 4.69) is 0 Å². The fraction of sp³-hybridized carbons (Fsp3) is 0.357. The Morgan fingerprint density at radius 1 is 1.16 bits per heavy atom. The monoisotopic (exact) mass is 506 g/mol. The Hall–Kier alpha value is -4.01. The number of esters is 1. The van der Waals surface area contributed by atoms with Crippen LogP contribution in [-0.2, 0) is 14.3 Å². The Bertz CT molecular complexity index is 1430. The molecular weight excluding hydrogens is 479 g/mol. The molecule has 5 rings (SSSR count). The molecule has 0 aliphatic carbocycles. The second kappa shape index (κ2) is 8.83. The standard InChI is InChI=1S/C28H27FN2O6/c1-27(2,3)37-26(34)31-15-28(13-20(31)25(33)35-4)14-21(32)22-18-10-5-6-11-19(18)30-23(24(22)36-28)16-8-7-9-17(29)12-16/h5-12,20H,13-15H2,1-4H3/t20-,28?/m0/s1. The number of aromatic nitrogens is 1. The van der Waals surface area contributed by atoms with Crippen molar-refractivity contribution in [2.24, 2.45) is 0 Å². The first-order valence-electron chi connectivity index (χ1n) is 12.0. The van der Waals surface area contributed by atoms with Crippen LogP contribution in [0.2, 0.25) is 0 Å². The number of carbonyl (C=O) groups is 3. The lowest BCUT2D eigenvalue weighted by molar-refractivity contribution is -0.145. The largest absolute Gasteiger partial charge is 0.482 e. The molecule has 1 unspecified atom stereocenters. The lowest BCUT2D eigenvalue weighted by Crippen LogP contribution is -2.47. The van der Waals surface area contributed by atoms with Gasteiger partial charge < -0.3 is 14.2 Å². The van der Waals surface area contributed by atoms with E-state index in [1.165, 1.54) is 24.1 Å². The summed E-state index contributed by atoms with van der Waals surface area (Å²) in [5.74, 6) is -1.10. The second-order valence-corrected chi connectivity index (χ2v) is 10.4. The molecule has 192 valence electrons. The smallest absolute Gasteiger partial charge is 0.411 e. The van der Waals surface area contributed by atoms with E-state index < -0.39 is 35.1 Å². The molecule has 2 atom stereocenters. The second-order valence-electron chi connectivity index (χ2n) is 10.4. The predicted molar refractivity (Wildman–Crippen MR) is 133 cm³/mol. The quantitative estimate of drug-likeness (QED) is 0.455. The molecule has 0 N–H and O–H groups in total. The van der Waals surface area contributed by atoms with Gasteiger partial charge in [-0.15, -0.1) is 0 Å². The number of halogens is 1. The Morgan fingerprint density at radius 2 is 1.92 bits per heavy atom. The SMILES string of the molecule is COC(=O)[C@@H]1CC2(CC(=O)c3c(c(-c4cccc(F)c4)nc4ccccc34)O2)CN1C(=O)OC(C)(C)C. The number of likely N-dealkylation sites (tertiary alicyclic amines) is 1. The zero-order valence-electron chi connectivity index (χ0n) is 21.0. The first kappa shape index (κ1) is 24.7. The number of fused-ring (bicyclic) bond motifs is 3. The lowest BCUT2D eigenvalue weighted by Gasteiger charge is -2.36. The molecule has 3 aromatic rings. The highest BCUT2D eigenvalue weighted by Crippen LogP contribution is 2.47. The van der Waals surface area contributed by atoms with Gasteiger partial charge in [0.05, 0.1) is 31.2 Å². The van der Waals surface area contributed by atoms with Crippen molar-refractivity contribution in [3.05, 3.63) is 59.9 Å². The minimum absolute atomic E-state index is 0.0273. The van der Waals surface area contributed by atoms with Crippen LogP contribution in [-0.4, -0.2) is 58.6 Å². The molecule has 2 aliphatic heterocycles. The molecule has 0 saturated carbocycles. The summed E-state index contributed by atoms with van der Waals surface area (Å²) in [6, 6.07) is 12.1. The summed E-state index contributed by atoms with van der Waals surface area (Å²) in [5, 5.41) is 0.615. The third-order valence-corrected chi connectivity index (χ3v) is 6.53. The van der Waals surface area contributed by atoms with Crippen LogP contribution in [0.15, 0.2) is 48.5 Å². The van der Waals surface area contributed by atoms with Gasteiger partial charge in [-0.1, -0.05) is 30.3 Å². The summed E-state index contributed by atoms with van der Waals surface area (Å²) in [4.78, 5) is 45.4. The highest BCUT2D eigenvalue weighted by Gasteiger charge is 2.55. The number of carbonyl (C=O) groups excluding carboxylic acids is 3. The number of hydrogen-bond donors (Lipinski definition) is 0. The third-order valence-electron chi connectivity index (χ3n) is 6.53. The molecule has 9 heteroatoms. The highest BCUT2D eigenvalue weighted by atomic mass is 19.1. The first-order valence-corrected chi connectivity index (χ1v) is 12.0. The molecule has 1 fully saturated rings. The number of ketones is 1. The molecule has 1 saturated heterocycles. The van der Waals surface area contributed by atoms with Crippen LogP contribution in [0.25, 0.3) is 22.2 Å². The molecule has 0 bridgehead atoms. The zero-order chi connectivity index (χ0) is 26.5. The predicted octanol–water partition coefficient (Wildman–Crippen LogP) is 4.93. The van der Waals surface area contributed by atoms with E-state index in [4.69, 9.17) is 19.2 Å². The van der Waals surface area contributed by atoms with Crippen molar-refractivity contribution in [2.75, 3.05) is 13.7 Å². The minimum Gasteiger partial charge on any atom is -0.482 e. The van der Waals surface area contributed by atoms with Crippen molar-refractivity contribution < 1.29 is 33.0 Å². The van der Waals surface area contributed by atoms with Gasteiger partial charge in [0.15, 0.2) is 11.5 Å². The fourth-order valence-corrected chi connectivity index (χ4v) is 5.04. The summed E-state index contributed by atoms with van der Waals surface area (Å²) in [7, 11) is 1.24. The number of amides is 1. The molecule has 0 radical (unpaired) electrons. The Morgan fingerprint density at radius 3 is 2.62 bits per heavy atom. The number of hydrogen-bond acceptors (Lipinski definition) is 7. The molecule has 1 aromatic heterocycles. The highest BCUT2D eigenvalue weighted by molar-refractivity contribution is 6.12. The van der Waals surface area contributed by atoms with Crippen molar-refractivity contribution in [1.82, 2.24) is 9.88 Å². The Balaban J connectivity index is 1.63. The van der Waals surface area contributed by atoms with Gasteiger partial charge in [-0.3, -0.25) is 9.69 Å². The molecule has 2 aromatic carbocycles. The van der Waals surface area contributed by atoms with Crippen LogP contribution in [0.5, 0.6) is 5.75 Å². The number of methoxy groups -OCH3 is 1. The summed E-state index contributed by atoms with van der Waals surface area (Å²) >= 11 is 0. The van der Waals surface area contributed by atoms with Crippen molar-refractivity contribution in [1.29, 1.82) is 0 Å². The Kier molecular flexibility index (Phi) is 5.89. The summed E-state index contributed by atoms with van der Waals surface area (Å²) in [5.41, 5.74) is -0.337. The molecule has 3 heterocycles. The molecule has 37 heavy (non-hydrogen) atoms. The van der Waals surface area contributed by atoms with Gasteiger partial charge in [0.1, 0.15) is 28.8 Å². The van der Waals surface area contributed by atoms with E-state index in [-0.39, 0.29) is 30.9 Å². The molecule has 1 spiro atoms. The van der Waals surface area contributed by atoms with E-state index >= 15 is 0 Å². The third kappa shape index (κ3) is 4.50. The van der Waals surface area contributed by atoms with E-state index in [9.17, 15) is 18.8 Å². The average molecular weight is 507 g/mol. The number of para-hydroxylation sites is 1.